The lowest BCUT2D eigenvalue weighted by atomic mass is 10.2. The van der Waals surface area contributed by atoms with Crippen molar-refractivity contribution >= 4 is 9.84 Å². The van der Waals surface area contributed by atoms with Gasteiger partial charge < -0.3 is 10.5 Å². The molecule has 2 N–H and O–H groups in total. The van der Waals surface area contributed by atoms with Crippen LogP contribution < -0.4 is 10.5 Å². The number of nitrogens with two attached hydrogens (primary N) is 1. The number of ether oxygens (including phenoxy) is 1. The second-order valence-corrected chi connectivity index (χ2v) is 7.33. The van der Waals surface area contributed by atoms with Crippen molar-refractivity contribution in [2.45, 2.75) is 26.8 Å². The summed E-state index contributed by atoms with van der Waals surface area (Å²) in [6.07, 6.45) is 0.702. The molecule has 0 aliphatic carbocycles. The highest BCUT2D eigenvalue weighted by Crippen LogP contribution is 2.12. The molecule has 1 aromatic rings. The van der Waals surface area contributed by atoms with Crippen LogP contribution in [0.4, 0.5) is 0 Å². The Labute approximate surface area is 115 Å². The summed E-state index contributed by atoms with van der Waals surface area (Å²) >= 11 is 0. The van der Waals surface area contributed by atoms with E-state index in [9.17, 15) is 8.42 Å². The first-order chi connectivity index (χ1) is 8.93. The molecule has 108 valence electrons. The zero-order chi connectivity index (χ0) is 14.3. The van der Waals surface area contributed by atoms with Crippen LogP contribution in [0.25, 0.3) is 0 Å². The molecule has 19 heavy (non-hydrogen) atoms. The van der Waals surface area contributed by atoms with Crippen LogP contribution in [0.15, 0.2) is 24.3 Å². The van der Waals surface area contributed by atoms with Crippen molar-refractivity contribution in [3.8, 4) is 5.75 Å². The van der Waals surface area contributed by atoms with Gasteiger partial charge >= 0.3 is 0 Å². The van der Waals surface area contributed by atoms with E-state index in [0.717, 1.165) is 5.56 Å². The predicted molar refractivity (Wildman–Crippen MR) is 77.9 cm³/mol. The molecule has 0 spiro atoms. The lowest BCUT2D eigenvalue weighted by Gasteiger charge is -2.08. The summed E-state index contributed by atoms with van der Waals surface area (Å²) in [5, 5.41) is 0. The van der Waals surface area contributed by atoms with Crippen molar-refractivity contribution < 1.29 is 13.2 Å². The smallest absolute Gasteiger partial charge is 0.153 e. The summed E-state index contributed by atoms with van der Waals surface area (Å²) in [4.78, 5) is 0. The molecule has 0 fully saturated rings. The SMILES string of the molecule is CC(C)CCS(=O)(=O)CCOc1ccc(CN)cc1. The van der Waals surface area contributed by atoms with E-state index in [2.05, 4.69) is 0 Å². The van der Waals surface area contributed by atoms with Crippen LogP contribution in [0.2, 0.25) is 0 Å². The first-order valence-corrected chi connectivity index (χ1v) is 8.37. The maximum absolute atomic E-state index is 11.7. The zero-order valence-electron chi connectivity index (χ0n) is 11.6. The Hall–Kier alpha value is -1.07. The van der Waals surface area contributed by atoms with Crippen molar-refractivity contribution in [3.63, 3.8) is 0 Å². The number of benzene rings is 1. The maximum atomic E-state index is 11.7. The standard InChI is InChI=1S/C14H23NO3S/c1-12(2)7-9-19(16,17)10-8-18-14-5-3-13(11-15)4-6-14/h3-6,12H,7-11,15H2,1-2H3. The Bertz CT molecular complexity index is 466. The summed E-state index contributed by atoms with van der Waals surface area (Å²) in [6, 6.07) is 7.37. The quantitative estimate of drug-likeness (QED) is 0.793. The van der Waals surface area contributed by atoms with E-state index in [1.807, 2.05) is 38.1 Å². The second-order valence-electron chi connectivity index (χ2n) is 5.03. The van der Waals surface area contributed by atoms with Crippen molar-refractivity contribution in [3.05, 3.63) is 29.8 Å². The average molecular weight is 285 g/mol. The topological polar surface area (TPSA) is 69.4 Å². The van der Waals surface area contributed by atoms with Crippen LogP contribution in [0.1, 0.15) is 25.8 Å². The molecule has 4 nitrogen and oxygen atoms in total. The Morgan fingerprint density at radius 1 is 1.16 bits per heavy atom. The molecule has 5 heteroatoms. The van der Waals surface area contributed by atoms with E-state index < -0.39 is 9.84 Å². The fourth-order valence-corrected chi connectivity index (χ4v) is 2.90. The fraction of sp³-hybridized carbons (Fsp3) is 0.571. The summed E-state index contributed by atoms with van der Waals surface area (Å²) in [6.45, 7) is 4.72. The maximum Gasteiger partial charge on any atom is 0.153 e. The van der Waals surface area contributed by atoms with Crippen molar-refractivity contribution in [2.24, 2.45) is 11.7 Å². The summed E-state index contributed by atoms with van der Waals surface area (Å²) < 4.78 is 28.9. The molecule has 0 aliphatic rings. The highest BCUT2D eigenvalue weighted by Gasteiger charge is 2.11. The van der Waals surface area contributed by atoms with E-state index in [4.69, 9.17) is 10.5 Å². The molecular formula is C14H23NO3S. The highest BCUT2D eigenvalue weighted by atomic mass is 32.2. The first kappa shape index (κ1) is 16.0. The molecule has 0 aliphatic heterocycles. The lowest BCUT2D eigenvalue weighted by Crippen LogP contribution is -2.18. The van der Waals surface area contributed by atoms with Gasteiger partial charge in [0.25, 0.3) is 0 Å². The number of hydrogen-bond acceptors (Lipinski definition) is 4. The molecule has 0 atom stereocenters. The molecule has 0 heterocycles. The number of rotatable bonds is 8. The van der Waals surface area contributed by atoms with Crippen LogP contribution in [-0.4, -0.2) is 26.5 Å². The third-order valence-corrected chi connectivity index (χ3v) is 4.47. The van der Waals surface area contributed by atoms with Gasteiger partial charge in [0.15, 0.2) is 9.84 Å². The molecule has 0 amide bonds. The van der Waals surface area contributed by atoms with Gasteiger partial charge in [-0.2, -0.15) is 0 Å². The molecule has 1 aromatic carbocycles. The molecular weight excluding hydrogens is 262 g/mol. The Kier molecular flexibility index (Phi) is 6.31. The Morgan fingerprint density at radius 3 is 2.32 bits per heavy atom. The Balaban J connectivity index is 2.36. The van der Waals surface area contributed by atoms with E-state index in [1.165, 1.54) is 0 Å². The molecule has 0 bridgehead atoms. The van der Waals surface area contributed by atoms with Gasteiger partial charge in [-0.1, -0.05) is 26.0 Å². The number of sulfone groups is 1. The van der Waals surface area contributed by atoms with Gasteiger partial charge in [-0.25, -0.2) is 8.42 Å². The molecule has 0 unspecified atom stereocenters. The van der Waals surface area contributed by atoms with Crippen LogP contribution >= 0.6 is 0 Å². The molecule has 0 saturated heterocycles. The van der Waals surface area contributed by atoms with Crippen molar-refractivity contribution in [1.29, 1.82) is 0 Å². The lowest BCUT2D eigenvalue weighted by molar-refractivity contribution is 0.340. The minimum absolute atomic E-state index is 0.0678. The summed E-state index contributed by atoms with van der Waals surface area (Å²) in [7, 11) is -3.00. The van der Waals surface area contributed by atoms with E-state index >= 15 is 0 Å². The third-order valence-electron chi connectivity index (χ3n) is 2.83. The summed E-state index contributed by atoms with van der Waals surface area (Å²) in [5.41, 5.74) is 6.52. The number of hydrogen-bond donors (Lipinski definition) is 1. The van der Waals surface area contributed by atoms with Crippen LogP contribution in [0, 0.1) is 5.92 Å². The minimum atomic E-state index is -3.00. The normalized spacial score (nSPS) is 11.8. The van der Waals surface area contributed by atoms with Gasteiger partial charge in [0.1, 0.15) is 12.4 Å². The van der Waals surface area contributed by atoms with Gasteiger partial charge in [0.2, 0.25) is 0 Å². The molecule has 0 saturated carbocycles. The fourth-order valence-electron chi connectivity index (χ4n) is 1.53. The summed E-state index contributed by atoms with van der Waals surface area (Å²) in [5.74, 6) is 1.38. The zero-order valence-corrected chi connectivity index (χ0v) is 12.4. The first-order valence-electron chi connectivity index (χ1n) is 6.55. The molecule has 0 aromatic heterocycles. The third kappa shape index (κ3) is 6.59. The average Bonchev–Trinajstić information content (AvgIpc) is 2.37. The van der Waals surface area contributed by atoms with Gasteiger partial charge in [-0.05, 0) is 30.0 Å². The largest absolute Gasteiger partial charge is 0.493 e. The van der Waals surface area contributed by atoms with Gasteiger partial charge in [0, 0.05) is 6.54 Å². The second kappa shape index (κ2) is 7.50. The predicted octanol–water partition coefficient (Wildman–Crippen LogP) is 1.98. The van der Waals surface area contributed by atoms with Crippen LogP contribution in [0.5, 0.6) is 5.75 Å². The monoisotopic (exact) mass is 285 g/mol. The van der Waals surface area contributed by atoms with Gasteiger partial charge in [0.05, 0.1) is 11.5 Å². The van der Waals surface area contributed by atoms with Gasteiger partial charge in [-0.15, -0.1) is 0 Å². The van der Waals surface area contributed by atoms with Gasteiger partial charge in [-0.3, -0.25) is 0 Å². The van der Waals surface area contributed by atoms with E-state index in [0.29, 0.717) is 24.6 Å². The highest BCUT2D eigenvalue weighted by molar-refractivity contribution is 7.91. The van der Waals surface area contributed by atoms with Crippen LogP contribution in [0.3, 0.4) is 0 Å². The van der Waals surface area contributed by atoms with E-state index in [1.54, 1.807) is 0 Å². The Morgan fingerprint density at radius 2 is 1.79 bits per heavy atom. The van der Waals surface area contributed by atoms with Crippen molar-refractivity contribution in [2.75, 3.05) is 18.1 Å². The minimum Gasteiger partial charge on any atom is -0.493 e. The van der Waals surface area contributed by atoms with E-state index in [-0.39, 0.29) is 18.1 Å². The van der Waals surface area contributed by atoms with Crippen LogP contribution in [-0.2, 0) is 16.4 Å². The molecule has 1 rings (SSSR count). The molecule has 0 radical (unpaired) electrons. The van der Waals surface area contributed by atoms with Crippen molar-refractivity contribution in [1.82, 2.24) is 0 Å².